The van der Waals surface area contributed by atoms with E-state index in [-0.39, 0.29) is 39.7 Å². The average Bonchev–Trinajstić information content (AvgIpc) is 3.07. The number of nitro benzene ring substituents is 1. The lowest BCUT2D eigenvalue weighted by molar-refractivity contribution is -0.384. The van der Waals surface area contributed by atoms with Crippen LogP contribution in [0.1, 0.15) is 33.0 Å². The Labute approximate surface area is 179 Å². The van der Waals surface area contributed by atoms with Gasteiger partial charge in [-0.15, -0.1) is 0 Å². The van der Waals surface area contributed by atoms with E-state index in [1.807, 2.05) is 0 Å². The zero-order valence-electron chi connectivity index (χ0n) is 16.9. The Bertz CT molecular complexity index is 1530. The van der Waals surface area contributed by atoms with Gasteiger partial charge in [-0.3, -0.25) is 28.8 Å². The van der Waals surface area contributed by atoms with E-state index in [9.17, 15) is 29.6 Å². The maximum absolute atomic E-state index is 13.4. The van der Waals surface area contributed by atoms with Crippen molar-refractivity contribution in [1.29, 1.82) is 0 Å². The molecule has 0 radical (unpaired) electrons. The number of phenols is 1. The van der Waals surface area contributed by atoms with Gasteiger partial charge in [-0.05, 0) is 6.07 Å². The molecule has 2 aliphatic rings. The van der Waals surface area contributed by atoms with Gasteiger partial charge >= 0.3 is 5.69 Å². The number of nitrogens with zero attached hydrogens (tertiary/aromatic N) is 3. The van der Waals surface area contributed by atoms with Gasteiger partial charge in [0.15, 0.2) is 5.78 Å². The normalized spacial score (nSPS) is 16.3. The molecule has 0 bridgehead atoms. The van der Waals surface area contributed by atoms with Crippen molar-refractivity contribution in [2.75, 3.05) is 5.32 Å². The molecule has 10 nitrogen and oxygen atoms in total. The van der Waals surface area contributed by atoms with E-state index in [1.54, 1.807) is 24.3 Å². The molecule has 10 heteroatoms. The number of benzene rings is 2. The molecule has 32 heavy (non-hydrogen) atoms. The van der Waals surface area contributed by atoms with Gasteiger partial charge in [0.05, 0.1) is 22.1 Å². The molecule has 0 saturated heterocycles. The number of anilines is 1. The molecular formula is C22H16N4O6. The summed E-state index contributed by atoms with van der Waals surface area (Å²) in [6, 6.07) is 10.3. The third-order valence-electron chi connectivity index (χ3n) is 6.01. The number of nitro groups is 1. The van der Waals surface area contributed by atoms with Crippen LogP contribution in [0.2, 0.25) is 0 Å². The van der Waals surface area contributed by atoms with Crippen LogP contribution in [0.4, 0.5) is 11.5 Å². The van der Waals surface area contributed by atoms with E-state index < -0.39 is 22.1 Å². The van der Waals surface area contributed by atoms with Crippen molar-refractivity contribution in [2.24, 2.45) is 14.1 Å². The molecule has 2 aromatic carbocycles. The Kier molecular flexibility index (Phi) is 3.97. The lowest BCUT2D eigenvalue weighted by atomic mass is 9.81. The van der Waals surface area contributed by atoms with Crippen molar-refractivity contribution in [3.63, 3.8) is 0 Å². The highest BCUT2D eigenvalue weighted by molar-refractivity contribution is 6.23. The molecule has 0 amide bonds. The minimum atomic E-state index is -1.12. The van der Waals surface area contributed by atoms with Crippen LogP contribution in [0.5, 0.6) is 5.75 Å². The fraction of sp³-hybridized carbons (Fsp3) is 0.136. The topological polar surface area (TPSA) is 136 Å². The summed E-state index contributed by atoms with van der Waals surface area (Å²) in [5.41, 5.74) is 0.103. The second-order valence-corrected chi connectivity index (χ2v) is 7.69. The highest BCUT2D eigenvalue weighted by Gasteiger charge is 2.43. The Morgan fingerprint density at radius 2 is 1.72 bits per heavy atom. The van der Waals surface area contributed by atoms with Crippen LogP contribution in [-0.4, -0.2) is 24.9 Å². The van der Waals surface area contributed by atoms with Crippen molar-refractivity contribution >= 4 is 23.0 Å². The van der Waals surface area contributed by atoms with Crippen LogP contribution in [0.3, 0.4) is 0 Å². The van der Waals surface area contributed by atoms with Crippen LogP contribution in [-0.2, 0) is 14.1 Å². The Balaban J connectivity index is 1.92. The zero-order chi connectivity index (χ0) is 22.9. The van der Waals surface area contributed by atoms with E-state index in [2.05, 4.69) is 5.32 Å². The van der Waals surface area contributed by atoms with Gasteiger partial charge in [0, 0.05) is 48.5 Å². The molecule has 0 fully saturated rings. The SMILES string of the molecule is Cn1c2c(c(=O)n(C)c1=O)C(c1cc([N+](=O)[O-])ccc1O)C1=C(N2)c2ccccc2C1=O. The lowest BCUT2D eigenvalue weighted by Gasteiger charge is -2.29. The van der Waals surface area contributed by atoms with Gasteiger partial charge < -0.3 is 10.4 Å². The van der Waals surface area contributed by atoms with E-state index in [0.29, 0.717) is 16.8 Å². The largest absolute Gasteiger partial charge is 0.508 e. The minimum Gasteiger partial charge on any atom is -0.508 e. The Morgan fingerprint density at radius 1 is 1.03 bits per heavy atom. The van der Waals surface area contributed by atoms with E-state index in [4.69, 9.17) is 0 Å². The summed E-state index contributed by atoms with van der Waals surface area (Å²) in [6.07, 6.45) is 0. The Hall–Kier alpha value is -4.47. The van der Waals surface area contributed by atoms with Gasteiger partial charge in [0.2, 0.25) is 0 Å². The Morgan fingerprint density at radius 3 is 2.41 bits per heavy atom. The van der Waals surface area contributed by atoms with Crippen molar-refractivity contribution in [3.05, 3.63) is 101 Å². The van der Waals surface area contributed by atoms with Crippen LogP contribution in [0, 0.1) is 10.1 Å². The molecule has 2 heterocycles. The number of allylic oxidation sites excluding steroid dienone is 1. The quantitative estimate of drug-likeness (QED) is 0.466. The van der Waals surface area contributed by atoms with Gasteiger partial charge in [-0.25, -0.2) is 4.79 Å². The van der Waals surface area contributed by atoms with E-state index in [1.165, 1.54) is 18.7 Å². The molecule has 0 saturated carbocycles. The predicted molar refractivity (Wildman–Crippen MR) is 115 cm³/mol. The predicted octanol–water partition coefficient (Wildman–Crippen LogP) is 1.86. The van der Waals surface area contributed by atoms with Crippen molar-refractivity contribution in [2.45, 2.75) is 5.92 Å². The standard InChI is InChI=1S/C22H16N4O6/c1-24-20-17(21(29)25(2)22(24)30)15(13-9-10(26(31)32)7-8-14(13)27)16-18(23-20)11-5-3-4-6-12(11)19(16)28/h3-9,15,23,27H,1-2H3. The summed E-state index contributed by atoms with van der Waals surface area (Å²) in [5, 5.41) is 25.1. The summed E-state index contributed by atoms with van der Waals surface area (Å²) in [5.74, 6) is -1.62. The number of rotatable bonds is 2. The number of hydrogen-bond donors (Lipinski definition) is 2. The molecule has 160 valence electrons. The number of ketones is 1. The highest BCUT2D eigenvalue weighted by atomic mass is 16.6. The number of nitrogens with one attached hydrogen (secondary N) is 1. The smallest absolute Gasteiger partial charge is 0.332 e. The third kappa shape index (κ3) is 2.43. The average molecular weight is 432 g/mol. The first-order chi connectivity index (χ1) is 15.2. The van der Waals surface area contributed by atoms with Crippen molar-refractivity contribution in [3.8, 4) is 5.75 Å². The summed E-state index contributed by atoms with van der Waals surface area (Å²) < 4.78 is 2.15. The molecule has 1 aliphatic carbocycles. The summed E-state index contributed by atoms with van der Waals surface area (Å²) in [7, 11) is 2.79. The molecule has 1 aliphatic heterocycles. The van der Waals surface area contributed by atoms with Crippen LogP contribution < -0.4 is 16.6 Å². The number of fused-ring (bicyclic) bond motifs is 3. The fourth-order valence-corrected chi connectivity index (χ4v) is 4.45. The lowest BCUT2D eigenvalue weighted by Crippen LogP contribution is -2.42. The van der Waals surface area contributed by atoms with Crippen LogP contribution in [0.15, 0.2) is 57.6 Å². The first kappa shape index (κ1) is 19.5. The summed E-state index contributed by atoms with van der Waals surface area (Å²) in [4.78, 5) is 50.0. The second-order valence-electron chi connectivity index (χ2n) is 7.69. The maximum atomic E-state index is 13.4. The third-order valence-corrected chi connectivity index (χ3v) is 6.01. The molecule has 5 rings (SSSR count). The van der Waals surface area contributed by atoms with E-state index in [0.717, 1.165) is 22.8 Å². The summed E-state index contributed by atoms with van der Waals surface area (Å²) in [6.45, 7) is 0. The minimum absolute atomic E-state index is 0.0337. The zero-order valence-corrected chi connectivity index (χ0v) is 16.9. The number of phenolic OH excluding ortho intramolecular Hbond substituents is 1. The monoisotopic (exact) mass is 432 g/mol. The van der Waals surface area contributed by atoms with Gasteiger partial charge in [-0.1, -0.05) is 24.3 Å². The van der Waals surface area contributed by atoms with Gasteiger partial charge in [0.1, 0.15) is 11.6 Å². The van der Waals surface area contributed by atoms with Gasteiger partial charge in [-0.2, -0.15) is 0 Å². The first-order valence-electron chi connectivity index (χ1n) is 9.64. The summed E-state index contributed by atoms with van der Waals surface area (Å²) >= 11 is 0. The van der Waals surface area contributed by atoms with Crippen molar-refractivity contribution in [1.82, 2.24) is 9.13 Å². The number of carbonyl (C=O) groups excluding carboxylic acids is 1. The first-order valence-corrected chi connectivity index (χ1v) is 9.64. The molecular weight excluding hydrogens is 416 g/mol. The number of hydrogen-bond acceptors (Lipinski definition) is 7. The van der Waals surface area contributed by atoms with E-state index >= 15 is 0 Å². The number of Topliss-reactive ketones (excluding diaryl/α,β-unsaturated/α-hetero) is 1. The maximum Gasteiger partial charge on any atom is 0.332 e. The van der Waals surface area contributed by atoms with Gasteiger partial charge in [0.25, 0.3) is 11.2 Å². The molecule has 3 aromatic rings. The number of aromatic nitrogens is 2. The number of non-ortho nitro benzene ring substituents is 1. The van der Waals surface area contributed by atoms with Crippen LogP contribution in [0.25, 0.3) is 5.70 Å². The molecule has 2 N–H and O–H groups in total. The molecule has 0 spiro atoms. The second kappa shape index (κ2) is 6.51. The molecule has 1 atom stereocenters. The van der Waals surface area contributed by atoms with Crippen LogP contribution >= 0.6 is 0 Å². The molecule has 1 aromatic heterocycles. The highest BCUT2D eigenvalue weighted by Crippen LogP contribution is 2.49. The number of carbonyl (C=O) groups is 1. The molecule has 1 unspecified atom stereocenters. The number of aromatic hydroxyl groups is 1. The van der Waals surface area contributed by atoms with Crippen molar-refractivity contribution < 1.29 is 14.8 Å². The fourth-order valence-electron chi connectivity index (χ4n) is 4.45.